The molecule has 3 heteroatoms. The van der Waals surface area contributed by atoms with Crippen LogP contribution in [0.1, 0.15) is 90.0 Å². The van der Waals surface area contributed by atoms with Gasteiger partial charge >= 0.3 is 0 Å². The first-order valence-electron chi connectivity index (χ1n) is 16.0. The van der Waals surface area contributed by atoms with Gasteiger partial charge in [0.25, 0.3) is 0 Å². The zero-order valence-corrected chi connectivity index (χ0v) is 25.4. The van der Waals surface area contributed by atoms with E-state index in [1.807, 2.05) is 24.3 Å². The summed E-state index contributed by atoms with van der Waals surface area (Å²) in [7, 11) is 0. The summed E-state index contributed by atoms with van der Waals surface area (Å²) in [5.74, 6) is -1.79. The summed E-state index contributed by atoms with van der Waals surface area (Å²) in [4.78, 5) is 0. The fourth-order valence-corrected chi connectivity index (χ4v) is 5.49. The van der Waals surface area contributed by atoms with Crippen molar-refractivity contribution in [2.45, 2.75) is 90.9 Å². The number of halogens is 2. The summed E-state index contributed by atoms with van der Waals surface area (Å²) >= 11 is 0. The van der Waals surface area contributed by atoms with Crippen LogP contribution in [0.3, 0.4) is 0 Å². The number of unbranched alkanes of at least 4 members (excludes halogenated alkanes) is 9. The number of hydrogen-bond acceptors (Lipinski definition) is 1. The maximum absolute atomic E-state index is 15.0. The van der Waals surface area contributed by atoms with Crippen LogP contribution in [0.15, 0.2) is 84.9 Å². The second-order valence-electron chi connectivity index (χ2n) is 11.4. The van der Waals surface area contributed by atoms with Crippen LogP contribution in [0.2, 0.25) is 0 Å². The molecule has 0 atom stereocenters. The topological polar surface area (TPSA) is 9.23 Å². The highest BCUT2D eigenvalue weighted by molar-refractivity contribution is 5.73. The predicted molar refractivity (Wildman–Crippen MR) is 174 cm³/mol. The molecular formula is C39H46F2O. The maximum Gasteiger partial charge on any atom is 0.201 e. The van der Waals surface area contributed by atoms with E-state index in [9.17, 15) is 4.39 Å². The van der Waals surface area contributed by atoms with Crippen LogP contribution in [0.5, 0.6) is 5.75 Å². The van der Waals surface area contributed by atoms with Gasteiger partial charge in [-0.25, -0.2) is 4.39 Å². The Bertz CT molecular complexity index is 1340. The van der Waals surface area contributed by atoms with Gasteiger partial charge < -0.3 is 4.74 Å². The number of benzene rings is 4. The first kappa shape index (κ1) is 31.5. The monoisotopic (exact) mass is 568 g/mol. The number of ether oxygens (including phenoxy) is 1. The highest BCUT2D eigenvalue weighted by Gasteiger charge is 2.16. The lowest BCUT2D eigenvalue weighted by Gasteiger charge is -2.11. The molecule has 222 valence electrons. The largest absolute Gasteiger partial charge is 0.490 e. The van der Waals surface area contributed by atoms with E-state index in [4.69, 9.17) is 4.74 Å². The molecule has 0 bridgehead atoms. The minimum absolute atomic E-state index is 0.0103. The molecule has 0 aromatic heterocycles. The summed E-state index contributed by atoms with van der Waals surface area (Å²) in [6, 6.07) is 28.0. The predicted octanol–water partition coefficient (Wildman–Crippen LogP) is 12.2. The molecule has 0 aliphatic heterocycles. The van der Waals surface area contributed by atoms with Crippen LogP contribution in [0.25, 0.3) is 33.4 Å². The van der Waals surface area contributed by atoms with Gasteiger partial charge in [0.05, 0.1) is 6.61 Å². The second kappa shape index (κ2) is 16.9. The van der Waals surface area contributed by atoms with E-state index in [0.717, 1.165) is 36.8 Å². The highest BCUT2D eigenvalue weighted by atomic mass is 19.2. The Morgan fingerprint density at radius 2 is 0.905 bits per heavy atom. The van der Waals surface area contributed by atoms with Gasteiger partial charge in [0.15, 0.2) is 11.6 Å². The van der Waals surface area contributed by atoms with Crippen molar-refractivity contribution in [1.82, 2.24) is 0 Å². The number of aryl methyl sites for hydroxylation is 1. The Kier molecular flexibility index (Phi) is 12.6. The van der Waals surface area contributed by atoms with E-state index in [-0.39, 0.29) is 11.3 Å². The summed E-state index contributed by atoms with van der Waals surface area (Å²) in [6.45, 7) is 4.84. The van der Waals surface area contributed by atoms with Crippen molar-refractivity contribution in [3.05, 3.63) is 102 Å². The zero-order chi connectivity index (χ0) is 29.6. The molecule has 4 aromatic carbocycles. The van der Waals surface area contributed by atoms with Crippen LogP contribution in [0.4, 0.5) is 8.78 Å². The Morgan fingerprint density at radius 1 is 0.452 bits per heavy atom. The third-order valence-corrected chi connectivity index (χ3v) is 8.04. The normalized spacial score (nSPS) is 11.1. The minimum atomic E-state index is -0.915. The van der Waals surface area contributed by atoms with Gasteiger partial charge in [0, 0.05) is 5.56 Å². The van der Waals surface area contributed by atoms with E-state index in [2.05, 4.69) is 62.4 Å². The third kappa shape index (κ3) is 9.02. The zero-order valence-electron chi connectivity index (χ0n) is 25.4. The van der Waals surface area contributed by atoms with Crippen LogP contribution >= 0.6 is 0 Å². The Morgan fingerprint density at radius 3 is 1.40 bits per heavy atom. The van der Waals surface area contributed by atoms with Gasteiger partial charge in [0.1, 0.15) is 0 Å². The first-order chi connectivity index (χ1) is 20.6. The van der Waals surface area contributed by atoms with Gasteiger partial charge in [-0.15, -0.1) is 0 Å². The van der Waals surface area contributed by atoms with Crippen molar-refractivity contribution in [1.29, 1.82) is 0 Å². The van der Waals surface area contributed by atoms with Crippen molar-refractivity contribution in [2.24, 2.45) is 0 Å². The average Bonchev–Trinajstić information content (AvgIpc) is 3.03. The Hall–Kier alpha value is -3.46. The lowest BCUT2D eigenvalue weighted by molar-refractivity contribution is 0.285. The highest BCUT2D eigenvalue weighted by Crippen LogP contribution is 2.32. The van der Waals surface area contributed by atoms with Crippen molar-refractivity contribution >= 4 is 0 Å². The van der Waals surface area contributed by atoms with Crippen LogP contribution < -0.4 is 4.74 Å². The Labute approximate surface area is 252 Å². The van der Waals surface area contributed by atoms with Gasteiger partial charge in [-0.05, 0) is 58.4 Å². The molecule has 0 saturated carbocycles. The van der Waals surface area contributed by atoms with Crippen molar-refractivity contribution < 1.29 is 13.5 Å². The summed E-state index contributed by atoms with van der Waals surface area (Å²) in [5, 5.41) is 0. The molecular weight excluding hydrogens is 522 g/mol. The second-order valence-corrected chi connectivity index (χ2v) is 11.4. The molecule has 0 radical (unpaired) electrons. The summed E-state index contributed by atoms with van der Waals surface area (Å²) in [6.07, 6.45) is 14.5. The van der Waals surface area contributed by atoms with Crippen molar-refractivity contribution in [2.75, 3.05) is 6.61 Å². The fourth-order valence-electron chi connectivity index (χ4n) is 5.49. The molecule has 4 aromatic rings. The van der Waals surface area contributed by atoms with Gasteiger partial charge in [0.2, 0.25) is 5.82 Å². The van der Waals surface area contributed by atoms with Gasteiger partial charge in [-0.3, -0.25) is 0 Å². The number of rotatable bonds is 17. The molecule has 0 aliphatic rings. The molecule has 0 N–H and O–H groups in total. The van der Waals surface area contributed by atoms with Gasteiger partial charge in [-0.1, -0.05) is 151 Å². The van der Waals surface area contributed by atoms with Crippen LogP contribution in [-0.2, 0) is 6.42 Å². The molecule has 0 fully saturated rings. The number of hydrogen-bond donors (Lipinski definition) is 0. The lowest BCUT2D eigenvalue weighted by atomic mass is 9.97. The molecule has 0 amide bonds. The van der Waals surface area contributed by atoms with E-state index < -0.39 is 11.6 Å². The van der Waals surface area contributed by atoms with Crippen LogP contribution in [-0.4, -0.2) is 6.61 Å². The van der Waals surface area contributed by atoms with Gasteiger partial charge in [-0.2, -0.15) is 4.39 Å². The quantitative estimate of drug-likeness (QED) is 0.115. The SMILES string of the molecule is CCCCCCCCCCCCOc1ccc(-c2ccc(-c3ccc(-c4ccc(CCC)cc4)cc3)cc2)c(F)c1F. The summed E-state index contributed by atoms with van der Waals surface area (Å²) in [5.41, 5.74) is 6.72. The van der Waals surface area contributed by atoms with Crippen LogP contribution in [0, 0.1) is 11.6 Å². The fraction of sp³-hybridized carbons (Fsp3) is 0.385. The lowest BCUT2D eigenvalue weighted by Crippen LogP contribution is -2.01. The van der Waals surface area contributed by atoms with E-state index in [1.54, 1.807) is 12.1 Å². The van der Waals surface area contributed by atoms with E-state index in [1.165, 1.54) is 68.1 Å². The van der Waals surface area contributed by atoms with E-state index in [0.29, 0.717) is 12.2 Å². The van der Waals surface area contributed by atoms with Crippen molar-refractivity contribution in [3.63, 3.8) is 0 Å². The Balaban J connectivity index is 1.27. The molecule has 0 spiro atoms. The van der Waals surface area contributed by atoms with Crippen molar-refractivity contribution in [3.8, 4) is 39.1 Å². The standard InChI is InChI=1S/C39H46F2O/c1-3-5-6-7-8-9-10-11-12-13-29-42-37-28-27-36(38(40)39(37)41)35-25-23-34(24-26-35)33-21-19-32(20-22-33)31-17-15-30(14-4-2)16-18-31/h15-28H,3-14,29H2,1-2H3. The molecule has 0 heterocycles. The molecule has 0 unspecified atom stereocenters. The summed E-state index contributed by atoms with van der Waals surface area (Å²) < 4.78 is 35.4. The molecule has 42 heavy (non-hydrogen) atoms. The molecule has 0 saturated heterocycles. The molecule has 1 nitrogen and oxygen atoms in total. The smallest absolute Gasteiger partial charge is 0.201 e. The molecule has 0 aliphatic carbocycles. The first-order valence-corrected chi connectivity index (χ1v) is 16.0. The molecule has 4 rings (SSSR count). The maximum atomic E-state index is 15.0. The average molecular weight is 569 g/mol. The third-order valence-electron chi connectivity index (χ3n) is 8.04. The minimum Gasteiger partial charge on any atom is -0.490 e. The van der Waals surface area contributed by atoms with E-state index >= 15 is 4.39 Å².